The molecule has 2 rings (SSSR count). The third kappa shape index (κ3) is 2.82. The molecule has 1 aromatic carbocycles. The zero-order valence-corrected chi connectivity index (χ0v) is 10.5. The van der Waals surface area contributed by atoms with Crippen molar-refractivity contribution in [2.24, 2.45) is 5.73 Å². The zero-order chi connectivity index (χ0) is 14.7. The number of aromatic nitrogens is 3. The van der Waals surface area contributed by atoms with E-state index in [1.807, 2.05) is 0 Å². The van der Waals surface area contributed by atoms with Gasteiger partial charge in [0.2, 0.25) is 0 Å². The van der Waals surface area contributed by atoms with E-state index in [4.69, 9.17) is 10.8 Å². The van der Waals surface area contributed by atoms with Gasteiger partial charge in [-0.2, -0.15) is 0 Å². The molecule has 8 heteroatoms. The van der Waals surface area contributed by atoms with Crippen molar-refractivity contribution in [2.45, 2.75) is 19.2 Å². The molecule has 0 aliphatic rings. The maximum Gasteiger partial charge on any atom is 0.159 e. The second-order valence-electron chi connectivity index (χ2n) is 4.24. The van der Waals surface area contributed by atoms with Gasteiger partial charge in [-0.3, -0.25) is 0 Å². The lowest BCUT2D eigenvalue weighted by Gasteiger charge is -2.11. The lowest BCUT2D eigenvalue weighted by Crippen LogP contribution is -2.21. The molecule has 0 aliphatic carbocycles. The standard InChI is InChI=1S/C12H14F2N4O2/c13-9-2-1-7(3-10(9)14)12-11(4-15)16-17-18(12)5-8(20)6-19/h1-3,8,19-20H,4-6,15H2. The summed E-state index contributed by atoms with van der Waals surface area (Å²) < 4.78 is 27.6. The third-order valence-electron chi connectivity index (χ3n) is 2.79. The van der Waals surface area contributed by atoms with Gasteiger partial charge in [0.25, 0.3) is 0 Å². The number of aliphatic hydroxyl groups excluding tert-OH is 2. The summed E-state index contributed by atoms with van der Waals surface area (Å²) in [5.41, 5.74) is 6.66. The summed E-state index contributed by atoms with van der Waals surface area (Å²) in [7, 11) is 0. The highest BCUT2D eigenvalue weighted by Gasteiger charge is 2.17. The van der Waals surface area contributed by atoms with Crippen LogP contribution < -0.4 is 5.73 Å². The van der Waals surface area contributed by atoms with Crippen LogP contribution in [0.4, 0.5) is 8.78 Å². The van der Waals surface area contributed by atoms with E-state index in [1.54, 1.807) is 0 Å². The topological polar surface area (TPSA) is 97.2 Å². The van der Waals surface area contributed by atoms with Crippen LogP contribution in [-0.4, -0.2) is 37.9 Å². The summed E-state index contributed by atoms with van der Waals surface area (Å²) in [6.07, 6.45) is -1.04. The summed E-state index contributed by atoms with van der Waals surface area (Å²) in [4.78, 5) is 0. The maximum absolute atomic E-state index is 13.3. The summed E-state index contributed by atoms with van der Waals surface area (Å²) in [5.74, 6) is -1.96. The normalized spacial score (nSPS) is 12.7. The van der Waals surface area contributed by atoms with Gasteiger partial charge in [0.15, 0.2) is 11.6 Å². The molecule has 6 nitrogen and oxygen atoms in total. The van der Waals surface area contributed by atoms with Crippen LogP contribution in [0.3, 0.4) is 0 Å². The van der Waals surface area contributed by atoms with Crippen LogP contribution >= 0.6 is 0 Å². The van der Waals surface area contributed by atoms with Gasteiger partial charge < -0.3 is 15.9 Å². The van der Waals surface area contributed by atoms with Crippen molar-refractivity contribution in [3.8, 4) is 11.3 Å². The molecule has 0 aliphatic heterocycles. The summed E-state index contributed by atoms with van der Waals surface area (Å²) in [6, 6.07) is 3.37. The van der Waals surface area contributed by atoms with Crippen molar-refractivity contribution in [3.05, 3.63) is 35.5 Å². The SMILES string of the molecule is NCc1nnn(CC(O)CO)c1-c1ccc(F)c(F)c1. The fraction of sp³-hybridized carbons (Fsp3) is 0.333. The number of aliphatic hydroxyl groups is 2. The predicted octanol–water partition coefficient (Wildman–Crippen LogP) is 0.0352. The molecule has 1 aromatic heterocycles. The van der Waals surface area contributed by atoms with Crippen molar-refractivity contribution in [1.29, 1.82) is 0 Å². The summed E-state index contributed by atoms with van der Waals surface area (Å²) in [5, 5.41) is 25.9. The Hall–Kier alpha value is -1.90. The lowest BCUT2D eigenvalue weighted by atomic mass is 10.1. The second-order valence-corrected chi connectivity index (χ2v) is 4.24. The molecule has 108 valence electrons. The highest BCUT2D eigenvalue weighted by Crippen LogP contribution is 2.24. The van der Waals surface area contributed by atoms with Crippen LogP contribution in [0.15, 0.2) is 18.2 Å². The van der Waals surface area contributed by atoms with Crippen molar-refractivity contribution < 1.29 is 19.0 Å². The van der Waals surface area contributed by atoms with E-state index >= 15 is 0 Å². The number of rotatable bonds is 5. The van der Waals surface area contributed by atoms with Crippen LogP contribution in [-0.2, 0) is 13.1 Å². The first-order valence-corrected chi connectivity index (χ1v) is 5.93. The molecule has 0 spiro atoms. The lowest BCUT2D eigenvalue weighted by molar-refractivity contribution is 0.0782. The predicted molar refractivity (Wildman–Crippen MR) is 66.4 cm³/mol. The number of halogens is 2. The fourth-order valence-electron chi connectivity index (χ4n) is 1.83. The molecule has 1 unspecified atom stereocenters. The molecule has 0 radical (unpaired) electrons. The minimum Gasteiger partial charge on any atom is -0.394 e. The molecular weight excluding hydrogens is 270 g/mol. The van der Waals surface area contributed by atoms with Crippen LogP contribution in [0.1, 0.15) is 5.69 Å². The first-order valence-electron chi connectivity index (χ1n) is 5.93. The van der Waals surface area contributed by atoms with Gasteiger partial charge >= 0.3 is 0 Å². The molecule has 0 bridgehead atoms. The van der Waals surface area contributed by atoms with Crippen LogP contribution in [0.2, 0.25) is 0 Å². The Labute approximate surface area is 113 Å². The van der Waals surface area contributed by atoms with Gasteiger partial charge in [-0.25, -0.2) is 13.5 Å². The first-order chi connectivity index (χ1) is 9.56. The minimum absolute atomic E-state index is 0.0299. The van der Waals surface area contributed by atoms with Crippen molar-refractivity contribution >= 4 is 0 Å². The monoisotopic (exact) mass is 284 g/mol. The number of nitrogens with zero attached hydrogens (tertiary/aromatic N) is 3. The molecule has 0 saturated carbocycles. The molecular formula is C12H14F2N4O2. The van der Waals surface area contributed by atoms with E-state index in [1.165, 1.54) is 10.7 Å². The fourth-order valence-corrected chi connectivity index (χ4v) is 1.83. The molecule has 0 amide bonds. The first kappa shape index (κ1) is 14.5. The highest BCUT2D eigenvalue weighted by atomic mass is 19.2. The Kier molecular flexibility index (Phi) is 4.38. The number of hydrogen-bond donors (Lipinski definition) is 3. The van der Waals surface area contributed by atoms with Crippen molar-refractivity contribution in [1.82, 2.24) is 15.0 Å². The number of nitrogens with two attached hydrogens (primary N) is 1. The molecule has 0 fully saturated rings. The smallest absolute Gasteiger partial charge is 0.159 e. The Morgan fingerprint density at radius 1 is 1.30 bits per heavy atom. The van der Waals surface area contributed by atoms with Crippen molar-refractivity contribution in [2.75, 3.05) is 6.61 Å². The van der Waals surface area contributed by atoms with Gasteiger partial charge in [-0.05, 0) is 18.2 Å². The summed E-state index contributed by atoms with van der Waals surface area (Å²) >= 11 is 0. The largest absolute Gasteiger partial charge is 0.394 e. The number of benzene rings is 1. The Balaban J connectivity index is 2.47. The highest BCUT2D eigenvalue weighted by molar-refractivity contribution is 5.62. The summed E-state index contributed by atoms with van der Waals surface area (Å²) in [6.45, 7) is -0.420. The molecule has 1 atom stereocenters. The zero-order valence-electron chi connectivity index (χ0n) is 10.5. The quantitative estimate of drug-likeness (QED) is 0.720. The average molecular weight is 284 g/mol. The second kappa shape index (κ2) is 6.04. The minimum atomic E-state index is -1.04. The van der Waals surface area contributed by atoms with E-state index in [9.17, 15) is 13.9 Å². The molecule has 2 aromatic rings. The van der Waals surface area contributed by atoms with Crippen LogP contribution in [0.25, 0.3) is 11.3 Å². The van der Waals surface area contributed by atoms with E-state index in [0.29, 0.717) is 17.0 Å². The number of hydrogen-bond acceptors (Lipinski definition) is 5. The van der Waals surface area contributed by atoms with E-state index in [-0.39, 0.29) is 13.1 Å². The molecule has 1 heterocycles. The van der Waals surface area contributed by atoms with Crippen LogP contribution in [0, 0.1) is 11.6 Å². The Morgan fingerprint density at radius 3 is 2.65 bits per heavy atom. The maximum atomic E-state index is 13.3. The van der Waals surface area contributed by atoms with Crippen molar-refractivity contribution in [3.63, 3.8) is 0 Å². The molecule has 4 N–H and O–H groups in total. The Morgan fingerprint density at radius 2 is 2.05 bits per heavy atom. The van der Waals surface area contributed by atoms with Gasteiger partial charge in [0.05, 0.1) is 24.9 Å². The van der Waals surface area contributed by atoms with Gasteiger partial charge in [-0.15, -0.1) is 5.10 Å². The molecule has 0 saturated heterocycles. The van der Waals surface area contributed by atoms with Crippen LogP contribution in [0.5, 0.6) is 0 Å². The van der Waals surface area contributed by atoms with E-state index < -0.39 is 24.3 Å². The van der Waals surface area contributed by atoms with Gasteiger partial charge in [0.1, 0.15) is 5.69 Å². The van der Waals surface area contributed by atoms with Gasteiger partial charge in [0, 0.05) is 12.1 Å². The Bertz CT molecular complexity index is 603. The molecule has 20 heavy (non-hydrogen) atoms. The van der Waals surface area contributed by atoms with Gasteiger partial charge in [-0.1, -0.05) is 5.21 Å². The van der Waals surface area contributed by atoms with E-state index in [0.717, 1.165) is 12.1 Å². The average Bonchev–Trinajstić information content (AvgIpc) is 2.84. The third-order valence-corrected chi connectivity index (χ3v) is 2.79. The van der Waals surface area contributed by atoms with E-state index in [2.05, 4.69) is 10.3 Å².